The normalized spacial score (nSPS) is 10.5. The minimum absolute atomic E-state index is 0.628. The van der Waals surface area contributed by atoms with Crippen molar-refractivity contribution in [3.8, 4) is 0 Å². The smallest absolute Gasteiger partial charge is 0.158 e. The molecule has 0 aliphatic carbocycles. The maximum atomic E-state index is 5.19. The van der Waals surface area contributed by atoms with Crippen LogP contribution in [0.25, 0.3) is 11.0 Å². The Hall–Kier alpha value is -0.960. The van der Waals surface area contributed by atoms with Crippen LogP contribution in [0.1, 0.15) is 0 Å². The van der Waals surface area contributed by atoms with Crippen LogP contribution in [0.15, 0.2) is 34.0 Å². The van der Waals surface area contributed by atoms with E-state index in [9.17, 15) is 0 Å². The lowest BCUT2D eigenvalue weighted by Crippen LogP contribution is -1.65. The van der Waals surface area contributed by atoms with Crippen molar-refractivity contribution in [1.29, 1.82) is 0 Å². The third-order valence-corrected chi connectivity index (χ3v) is 1.52. The molecule has 0 aromatic carbocycles. The molecular weight excluding hydrogens is 146 g/mol. The molecule has 0 fully saturated rings. The van der Waals surface area contributed by atoms with E-state index in [0.717, 1.165) is 11.0 Å². The van der Waals surface area contributed by atoms with Gasteiger partial charge < -0.3 is 4.42 Å². The minimum Gasteiger partial charge on any atom is -0.450 e. The van der Waals surface area contributed by atoms with Gasteiger partial charge in [0.1, 0.15) is 5.58 Å². The van der Waals surface area contributed by atoms with Crippen LogP contribution in [0.2, 0.25) is 0 Å². The number of hydrogen-bond acceptors (Lipinski definition) is 3. The van der Waals surface area contributed by atoms with E-state index in [4.69, 9.17) is 4.42 Å². The average molecular weight is 151 g/mol. The summed E-state index contributed by atoms with van der Waals surface area (Å²) < 4.78 is 5.19. The highest BCUT2D eigenvalue weighted by Crippen LogP contribution is 2.19. The number of aromatic nitrogens is 1. The van der Waals surface area contributed by atoms with Crippen LogP contribution in [0, 0.1) is 0 Å². The monoisotopic (exact) mass is 151 g/mol. The highest BCUT2D eigenvalue weighted by Gasteiger charge is 1.96. The highest BCUT2D eigenvalue weighted by atomic mass is 32.1. The molecule has 0 unspecified atom stereocenters. The first kappa shape index (κ1) is 5.80. The summed E-state index contributed by atoms with van der Waals surface area (Å²) in [6.45, 7) is 0. The standard InChI is InChI=1S/C7H5NOS/c10-7-3-5-4-8-2-1-6(5)9-7/h1-4,10H. The summed E-state index contributed by atoms with van der Waals surface area (Å²) in [6.07, 6.45) is 3.44. The van der Waals surface area contributed by atoms with Gasteiger partial charge >= 0.3 is 0 Å². The van der Waals surface area contributed by atoms with Gasteiger partial charge in [-0.3, -0.25) is 4.98 Å². The van der Waals surface area contributed by atoms with Gasteiger partial charge in [0.15, 0.2) is 5.09 Å². The van der Waals surface area contributed by atoms with Crippen molar-refractivity contribution in [1.82, 2.24) is 4.98 Å². The summed E-state index contributed by atoms with van der Waals surface area (Å²) in [5.41, 5.74) is 0.833. The van der Waals surface area contributed by atoms with Crippen molar-refractivity contribution < 1.29 is 4.42 Å². The van der Waals surface area contributed by atoms with Gasteiger partial charge in [-0.25, -0.2) is 0 Å². The Labute approximate surface area is 63.3 Å². The predicted octanol–water partition coefficient (Wildman–Crippen LogP) is 2.12. The van der Waals surface area contributed by atoms with Crippen molar-refractivity contribution in [3.05, 3.63) is 24.5 Å². The second kappa shape index (κ2) is 2.02. The fourth-order valence-corrected chi connectivity index (χ4v) is 1.11. The molecule has 0 aliphatic rings. The van der Waals surface area contributed by atoms with E-state index in [1.165, 1.54) is 0 Å². The summed E-state index contributed by atoms with van der Waals surface area (Å²) in [5, 5.41) is 1.62. The van der Waals surface area contributed by atoms with E-state index in [0.29, 0.717) is 5.09 Å². The van der Waals surface area contributed by atoms with Crippen molar-refractivity contribution in [2.75, 3.05) is 0 Å². The molecule has 0 bridgehead atoms. The zero-order valence-electron chi connectivity index (χ0n) is 5.11. The number of nitrogens with zero attached hydrogens (tertiary/aromatic N) is 1. The number of hydrogen-bond donors (Lipinski definition) is 1. The third-order valence-electron chi connectivity index (χ3n) is 1.30. The van der Waals surface area contributed by atoms with Crippen molar-refractivity contribution >= 4 is 23.6 Å². The quantitative estimate of drug-likeness (QED) is 0.583. The molecule has 0 N–H and O–H groups in total. The molecule has 0 amide bonds. The van der Waals surface area contributed by atoms with E-state index < -0.39 is 0 Å². The van der Waals surface area contributed by atoms with Crippen LogP contribution in [0.4, 0.5) is 0 Å². The molecule has 2 rings (SSSR count). The zero-order valence-corrected chi connectivity index (χ0v) is 6.01. The molecule has 0 atom stereocenters. The topological polar surface area (TPSA) is 26.0 Å². The van der Waals surface area contributed by atoms with E-state index in [-0.39, 0.29) is 0 Å². The summed E-state index contributed by atoms with van der Waals surface area (Å²) in [6, 6.07) is 3.65. The van der Waals surface area contributed by atoms with Gasteiger partial charge in [0.2, 0.25) is 0 Å². The first-order valence-electron chi connectivity index (χ1n) is 2.89. The molecule has 0 aliphatic heterocycles. The van der Waals surface area contributed by atoms with Crippen LogP contribution in [0.3, 0.4) is 0 Å². The van der Waals surface area contributed by atoms with E-state index in [2.05, 4.69) is 17.6 Å². The second-order valence-corrected chi connectivity index (χ2v) is 2.44. The van der Waals surface area contributed by atoms with Crippen molar-refractivity contribution in [3.63, 3.8) is 0 Å². The maximum Gasteiger partial charge on any atom is 0.158 e. The largest absolute Gasteiger partial charge is 0.450 e. The van der Waals surface area contributed by atoms with Crippen LogP contribution >= 0.6 is 12.6 Å². The number of fused-ring (bicyclic) bond motifs is 1. The highest BCUT2D eigenvalue weighted by molar-refractivity contribution is 7.80. The zero-order chi connectivity index (χ0) is 6.97. The number of furan rings is 1. The molecule has 0 radical (unpaired) electrons. The Balaban J connectivity index is 2.88. The van der Waals surface area contributed by atoms with E-state index in [1.54, 1.807) is 12.4 Å². The first-order valence-corrected chi connectivity index (χ1v) is 3.33. The average Bonchev–Trinajstić information content (AvgIpc) is 2.27. The van der Waals surface area contributed by atoms with E-state index >= 15 is 0 Å². The summed E-state index contributed by atoms with van der Waals surface area (Å²) in [4.78, 5) is 3.93. The molecule has 3 heteroatoms. The summed E-state index contributed by atoms with van der Waals surface area (Å²) >= 11 is 4.05. The van der Waals surface area contributed by atoms with Gasteiger partial charge in [0.05, 0.1) is 0 Å². The van der Waals surface area contributed by atoms with Gasteiger partial charge in [0, 0.05) is 17.8 Å². The summed E-state index contributed by atoms with van der Waals surface area (Å²) in [5.74, 6) is 0. The Morgan fingerprint density at radius 2 is 2.40 bits per heavy atom. The van der Waals surface area contributed by atoms with Crippen LogP contribution in [0.5, 0.6) is 0 Å². The van der Waals surface area contributed by atoms with Crippen LogP contribution in [-0.4, -0.2) is 4.98 Å². The fourth-order valence-electron chi connectivity index (χ4n) is 0.870. The minimum atomic E-state index is 0.628. The molecule has 0 saturated carbocycles. The predicted molar refractivity (Wildman–Crippen MR) is 41.3 cm³/mol. The first-order chi connectivity index (χ1) is 4.86. The fraction of sp³-hybridized carbons (Fsp3) is 0. The molecule has 50 valence electrons. The lowest BCUT2D eigenvalue weighted by atomic mass is 10.3. The molecule has 2 heterocycles. The van der Waals surface area contributed by atoms with Gasteiger partial charge in [-0.2, -0.15) is 0 Å². The van der Waals surface area contributed by atoms with Gasteiger partial charge in [-0.15, -0.1) is 12.6 Å². The Kier molecular flexibility index (Phi) is 1.17. The van der Waals surface area contributed by atoms with Crippen LogP contribution in [-0.2, 0) is 0 Å². The Morgan fingerprint density at radius 1 is 1.50 bits per heavy atom. The van der Waals surface area contributed by atoms with E-state index in [1.807, 2.05) is 12.1 Å². The Morgan fingerprint density at radius 3 is 3.20 bits per heavy atom. The summed E-state index contributed by atoms with van der Waals surface area (Å²) in [7, 11) is 0. The molecular formula is C7H5NOS. The third kappa shape index (κ3) is 0.789. The van der Waals surface area contributed by atoms with Crippen molar-refractivity contribution in [2.45, 2.75) is 5.09 Å². The molecule has 2 aromatic heterocycles. The van der Waals surface area contributed by atoms with Gasteiger partial charge in [-0.05, 0) is 12.1 Å². The SMILES string of the molecule is Sc1cc2cnccc2o1. The number of rotatable bonds is 0. The van der Waals surface area contributed by atoms with Gasteiger partial charge in [-0.1, -0.05) is 0 Å². The molecule has 10 heavy (non-hydrogen) atoms. The Bertz CT molecular complexity index is 322. The lowest BCUT2D eigenvalue weighted by molar-refractivity contribution is 0.517. The number of thiol groups is 1. The van der Waals surface area contributed by atoms with Crippen molar-refractivity contribution in [2.24, 2.45) is 0 Å². The maximum absolute atomic E-state index is 5.19. The van der Waals surface area contributed by atoms with Crippen LogP contribution < -0.4 is 0 Å². The lowest BCUT2D eigenvalue weighted by Gasteiger charge is -1.81. The molecule has 0 saturated heterocycles. The molecule has 2 aromatic rings. The van der Waals surface area contributed by atoms with Gasteiger partial charge in [0.25, 0.3) is 0 Å². The molecule has 2 nitrogen and oxygen atoms in total. The molecule has 0 spiro atoms. The number of pyridine rings is 1. The second-order valence-electron chi connectivity index (χ2n) is 2.00.